The van der Waals surface area contributed by atoms with Crippen molar-refractivity contribution in [3.05, 3.63) is 49.5 Å². The van der Waals surface area contributed by atoms with Crippen LogP contribution in [0.1, 0.15) is 21.1 Å². The number of thiazole rings is 1. The Morgan fingerprint density at radius 3 is 2.80 bits per heavy atom. The first kappa shape index (κ1) is 14.0. The van der Waals surface area contributed by atoms with Gasteiger partial charge in [0.2, 0.25) is 0 Å². The molecule has 2 aromatic rings. The zero-order valence-corrected chi connectivity index (χ0v) is 11.8. The third-order valence-corrected chi connectivity index (χ3v) is 3.84. The molecule has 1 N–H and O–H groups in total. The van der Waals surface area contributed by atoms with E-state index in [-0.39, 0.29) is 11.3 Å². The Labute approximate surface area is 119 Å². The summed E-state index contributed by atoms with van der Waals surface area (Å²) in [6.07, 6.45) is 0. The van der Waals surface area contributed by atoms with Crippen LogP contribution in [-0.2, 0) is 6.54 Å². The summed E-state index contributed by atoms with van der Waals surface area (Å²) in [6.45, 7) is 4.31. The van der Waals surface area contributed by atoms with Gasteiger partial charge in [0.15, 0.2) is 0 Å². The number of nitrogens with zero attached hydrogens (tertiary/aromatic N) is 3. The van der Waals surface area contributed by atoms with E-state index < -0.39 is 4.92 Å². The maximum absolute atomic E-state index is 11.0. The van der Waals surface area contributed by atoms with E-state index in [1.165, 1.54) is 6.07 Å². The zero-order valence-electron chi connectivity index (χ0n) is 11.0. The number of aryl methyl sites for hydroxylation is 2. The molecule has 1 heterocycles. The maximum Gasteiger partial charge on any atom is 0.293 e. The van der Waals surface area contributed by atoms with Crippen LogP contribution in [0.25, 0.3) is 0 Å². The number of hydrogen-bond acceptors (Lipinski definition) is 6. The summed E-state index contributed by atoms with van der Waals surface area (Å²) < 4.78 is 0. The average molecular weight is 288 g/mol. The van der Waals surface area contributed by atoms with Crippen LogP contribution in [0.4, 0.5) is 11.4 Å². The molecular weight excluding hydrogens is 276 g/mol. The van der Waals surface area contributed by atoms with Gasteiger partial charge in [0, 0.05) is 10.9 Å². The Morgan fingerprint density at radius 1 is 1.50 bits per heavy atom. The molecule has 20 heavy (non-hydrogen) atoms. The molecule has 0 fully saturated rings. The van der Waals surface area contributed by atoms with Crippen LogP contribution < -0.4 is 5.32 Å². The van der Waals surface area contributed by atoms with Gasteiger partial charge in [0.05, 0.1) is 33.8 Å². The molecule has 6 nitrogen and oxygen atoms in total. The number of aromatic nitrogens is 1. The van der Waals surface area contributed by atoms with E-state index in [4.69, 9.17) is 5.26 Å². The maximum atomic E-state index is 11.0. The van der Waals surface area contributed by atoms with Crippen molar-refractivity contribution in [2.24, 2.45) is 0 Å². The molecule has 0 saturated carbocycles. The molecule has 0 aliphatic heterocycles. The number of nitriles is 1. The molecule has 0 aliphatic rings. The highest BCUT2D eigenvalue weighted by Gasteiger charge is 2.15. The summed E-state index contributed by atoms with van der Waals surface area (Å²) in [7, 11) is 0. The lowest BCUT2D eigenvalue weighted by atomic mass is 10.2. The molecule has 0 bridgehead atoms. The normalized spacial score (nSPS) is 10.1. The number of benzene rings is 1. The first-order chi connectivity index (χ1) is 9.51. The molecule has 0 unspecified atom stereocenters. The average Bonchev–Trinajstić information content (AvgIpc) is 2.74. The minimum atomic E-state index is -0.492. The fourth-order valence-corrected chi connectivity index (χ4v) is 2.69. The largest absolute Gasteiger partial charge is 0.375 e. The van der Waals surface area contributed by atoms with Crippen LogP contribution in [-0.4, -0.2) is 9.91 Å². The molecule has 0 aliphatic carbocycles. The van der Waals surface area contributed by atoms with Crippen molar-refractivity contribution >= 4 is 22.7 Å². The monoisotopic (exact) mass is 288 g/mol. The van der Waals surface area contributed by atoms with Gasteiger partial charge in [-0.1, -0.05) is 0 Å². The van der Waals surface area contributed by atoms with Crippen molar-refractivity contribution in [1.29, 1.82) is 5.26 Å². The number of hydrogen-bond donors (Lipinski definition) is 1. The van der Waals surface area contributed by atoms with Crippen LogP contribution in [0.2, 0.25) is 0 Å². The van der Waals surface area contributed by atoms with Crippen molar-refractivity contribution in [3.63, 3.8) is 0 Å². The first-order valence-electron chi connectivity index (χ1n) is 5.86. The van der Waals surface area contributed by atoms with Crippen molar-refractivity contribution in [2.75, 3.05) is 5.32 Å². The van der Waals surface area contributed by atoms with Gasteiger partial charge in [-0.2, -0.15) is 5.26 Å². The summed E-state index contributed by atoms with van der Waals surface area (Å²) in [5.41, 5.74) is 1.51. The van der Waals surface area contributed by atoms with Crippen LogP contribution in [0, 0.1) is 35.3 Å². The Balaban J connectivity index is 2.23. The lowest BCUT2D eigenvalue weighted by Crippen LogP contribution is -2.02. The van der Waals surface area contributed by atoms with E-state index >= 15 is 0 Å². The highest BCUT2D eigenvalue weighted by Crippen LogP contribution is 2.27. The smallest absolute Gasteiger partial charge is 0.293 e. The van der Waals surface area contributed by atoms with Gasteiger partial charge in [0.1, 0.15) is 5.69 Å². The third-order valence-electron chi connectivity index (χ3n) is 2.76. The third kappa shape index (κ3) is 2.92. The molecule has 0 saturated heterocycles. The fourth-order valence-electron chi connectivity index (χ4n) is 1.81. The van der Waals surface area contributed by atoms with Gasteiger partial charge >= 0.3 is 0 Å². The van der Waals surface area contributed by atoms with Gasteiger partial charge in [-0.05, 0) is 26.0 Å². The lowest BCUT2D eigenvalue weighted by molar-refractivity contribution is -0.384. The van der Waals surface area contributed by atoms with E-state index in [0.29, 0.717) is 12.2 Å². The van der Waals surface area contributed by atoms with Gasteiger partial charge < -0.3 is 5.32 Å². The number of nitrogens with one attached hydrogen (secondary N) is 1. The highest BCUT2D eigenvalue weighted by molar-refractivity contribution is 7.11. The standard InChI is InChI=1S/C13H12N4O2S/c1-8-13(20-9(2)16-8)7-15-11-4-3-10(6-14)5-12(11)17(18)19/h3-5,15H,7H2,1-2H3. The van der Waals surface area contributed by atoms with Crippen LogP contribution >= 0.6 is 11.3 Å². The summed E-state index contributed by atoms with van der Waals surface area (Å²) in [4.78, 5) is 15.9. The van der Waals surface area contributed by atoms with Gasteiger partial charge in [0.25, 0.3) is 5.69 Å². The molecule has 1 aromatic heterocycles. The van der Waals surface area contributed by atoms with Crippen molar-refractivity contribution in [1.82, 2.24) is 4.98 Å². The molecule has 102 valence electrons. The Hall–Kier alpha value is -2.46. The van der Waals surface area contributed by atoms with Crippen LogP contribution in [0.15, 0.2) is 18.2 Å². The van der Waals surface area contributed by atoms with Gasteiger partial charge in [-0.25, -0.2) is 4.98 Å². The predicted molar refractivity (Wildman–Crippen MR) is 76.7 cm³/mol. The summed E-state index contributed by atoms with van der Waals surface area (Å²) in [5, 5.41) is 23.8. The zero-order chi connectivity index (χ0) is 14.7. The fraction of sp³-hybridized carbons (Fsp3) is 0.231. The van der Waals surface area contributed by atoms with E-state index in [1.807, 2.05) is 19.9 Å². The molecule has 0 amide bonds. The molecule has 0 atom stereocenters. The topological polar surface area (TPSA) is 91.8 Å². The number of nitro benzene ring substituents is 1. The van der Waals surface area contributed by atoms with Gasteiger partial charge in [-0.15, -0.1) is 11.3 Å². The van der Waals surface area contributed by atoms with E-state index in [1.54, 1.807) is 23.5 Å². The quantitative estimate of drug-likeness (QED) is 0.689. The van der Waals surface area contributed by atoms with Crippen LogP contribution in [0.3, 0.4) is 0 Å². The molecule has 0 spiro atoms. The van der Waals surface area contributed by atoms with Crippen LogP contribution in [0.5, 0.6) is 0 Å². The predicted octanol–water partition coefficient (Wildman–Crippen LogP) is 3.15. The van der Waals surface area contributed by atoms with E-state index in [2.05, 4.69) is 10.3 Å². The Kier molecular flexibility index (Phi) is 3.96. The molecular formula is C13H12N4O2S. The molecule has 1 aromatic carbocycles. The van der Waals surface area contributed by atoms with Crippen molar-refractivity contribution in [2.45, 2.75) is 20.4 Å². The van der Waals surface area contributed by atoms with E-state index in [9.17, 15) is 10.1 Å². The second-order valence-corrected chi connectivity index (χ2v) is 5.48. The van der Waals surface area contributed by atoms with Crippen molar-refractivity contribution < 1.29 is 4.92 Å². The molecule has 7 heteroatoms. The minimum absolute atomic E-state index is 0.0945. The number of anilines is 1. The highest BCUT2D eigenvalue weighted by atomic mass is 32.1. The lowest BCUT2D eigenvalue weighted by Gasteiger charge is -2.06. The van der Waals surface area contributed by atoms with Gasteiger partial charge in [-0.3, -0.25) is 10.1 Å². The van der Waals surface area contributed by atoms with E-state index in [0.717, 1.165) is 15.6 Å². The summed E-state index contributed by atoms with van der Waals surface area (Å²) in [5.74, 6) is 0. The Bertz CT molecular complexity index is 703. The number of nitro groups is 1. The molecule has 0 radical (unpaired) electrons. The second-order valence-electron chi connectivity index (χ2n) is 4.20. The number of rotatable bonds is 4. The minimum Gasteiger partial charge on any atom is -0.375 e. The molecule has 2 rings (SSSR count). The summed E-state index contributed by atoms with van der Waals surface area (Å²) in [6, 6.07) is 6.28. The van der Waals surface area contributed by atoms with Crippen molar-refractivity contribution in [3.8, 4) is 6.07 Å². The Morgan fingerprint density at radius 2 is 2.25 bits per heavy atom. The summed E-state index contributed by atoms with van der Waals surface area (Å²) >= 11 is 1.56. The SMILES string of the molecule is Cc1nc(C)c(CNc2ccc(C#N)cc2[N+](=O)[O-])s1. The second kappa shape index (κ2) is 5.67. The first-order valence-corrected chi connectivity index (χ1v) is 6.68.